The van der Waals surface area contributed by atoms with Crippen molar-refractivity contribution in [2.24, 2.45) is 5.92 Å². The third kappa shape index (κ3) is 3.16. The highest BCUT2D eigenvalue weighted by atomic mass is 32.1. The number of hydrogen-bond acceptors (Lipinski definition) is 6. The van der Waals surface area contributed by atoms with Crippen molar-refractivity contribution in [3.05, 3.63) is 18.2 Å². The predicted molar refractivity (Wildman–Crippen MR) is 78.4 cm³/mol. The van der Waals surface area contributed by atoms with Crippen LogP contribution in [0.1, 0.15) is 31.6 Å². The zero-order valence-corrected chi connectivity index (χ0v) is 12.6. The lowest BCUT2D eigenvalue weighted by molar-refractivity contribution is 0.201. The van der Waals surface area contributed by atoms with E-state index < -0.39 is 0 Å². The lowest BCUT2D eigenvalue weighted by Gasteiger charge is -2.09. The van der Waals surface area contributed by atoms with Gasteiger partial charge >= 0.3 is 0 Å². The molecule has 20 heavy (non-hydrogen) atoms. The molecule has 0 aliphatic heterocycles. The van der Waals surface area contributed by atoms with Gasteiger partial charge in [0.15, 0.2) is 0 Å². The highest BCUT2D eigenvalue weighted by Gasteiger charge is 2.29. The van der Waals surface area contributed by atoms with Crippen LogP contribution in [0.2, 0.25) is 0 Å². The molecule has 1 aliphatic rings. The van der Waals surface area contributed by atoms with Gasteiger partial charge in [0.05, 0.1) is 24.5 Å². The molecule has 3 rings (SSSR count). The molecular weight excluding hydrogens is 274 g/mol. The molecule has 0 amide bonds. The van der Waals surface area contributed by atoms with E-state index in [-0.39, 0.29) is 0 Å². The van der Waals surface area contributed by atoms with Crippen molar-refractivity contribution in [1.29, 1.82) is 0 Å². The van der Waals surface area contributed by atoms with Gasteiger partial charge in [0.1, 0.15) is 5.82 Å². The highest BCUT2D eigenvalue weighted by molar-refractivity contribution is 7.09. The first-order valence-corrected chi connectivity index (χ1v) is 7.66. The van der Waals surface area contributed by atoms with Gasteiger partial charge in [-0.1, -0.05) is 0 Å². The molecule has 0 saturated heterocycles. The second kappa shape index (κ2) is 5.88. The monoisotopic (exact) mass is 293 g/mol. The fourth-order valence-electron chi connectivity index (χ4n) is 2.14. The quantitative estimate of drug-likeness (QED) is 0.850. The van der Waals surface area contributed by atoms with Gasteiger partial charge in [-0.05, 0) is 25.7 Å². The molecule has 108 valence electrons. The number of methoxy groups -OCH3 is 1. The summed E-state index contributed by atoms with van der Waals surface area (Å²) in [4.78, 5) is 4.42. The number of aromatic nitrogens is 4. The molecule has 1 atom stereocenters. The minimum absolute atomic E-state index is 0.484. The molecule has 0 spiro atoms. The summed E-state index contributed by atoms with van der Waals surface area (Å²) >= 11 is 1.37. The summed E-state index contributed by atoms with van der Waals surface area (Å²) in [6.07, 6.45) is 7.27. The average Bonchev–Trinajstić information content (AvgIpc) is 3.04. The third-order valence-corrected chi connectivity index (χ3v) is 4.24. The Labute approximate surface area is 122 Å². The third-order valence-electron chi connectivity index (χ3n) is 3.57. The maximum absolute atomic E-state index is 5.02. The molecule has 2 aromatic rings. The van der Waals surface area contributed by atoms with E-state index in [9.17, 15) is 0 Å². The summed E-state index contributed by atoms with van der Waals surface area (Å²) in [7, 11) is 1.68. The van der Waals surface area contributed by atoms with Crippen LogP contribution in [0.3, 0.4) is 0 Å². The van der Waals surface area contributed by atoms with Crippen LogP contribution in [0.4, 0.5) is 10.8 Å². The van der Waals surface area contributed by atoms with Crippen LogP contribution >= 0.6 is 11.5 Å². The van der Waals surface area contributed by atoms with E-state index in [1.807, 2.05) is 17.1 Å². The number of nitrogens with zero attached hydrogens (tertiary/aromatic N) is 4. The summed E-state index contributed by atoms with van der Waals surface area (Å²) in [5.74, 6) is 1.61. The summed E-state index contributed by atoms with van der Waals surface area (Å²) in [6.45, 7) is 2.87. The molecule has 0 radical (unpaired) electrons. The molecule has 2 heterocycles. The second-order valence-corrected chi connectivity index (χ2v) is 5.92. The Bertz CT molecular complexity index is 563. The first-order chi connectivity index (χ1) is 9.76. The van der Waals surface area contributed by atoms with Crippen molar-refractivity contribution in [3.8, 4) is 0 Å². The van der Waals surface area contributed by atoms with E-state index in [0.717, 1.165) is 29.0 Å². The molecule has 1 N–H and O–H groups in total. The van der Waals surface area contributed by atoms with Gasteiger partial charge < -0.3 is 10.1 Å². The van der Waals surface area contributed by atoms with Gasteiger partial charge in [0, 0.05) is 31.3 Å². The Kier molecular flexibility index (Phi) is 3.98. The topological polar surface area (TPSA) is 64.9 Å². The lowest BCUT2D eigenvalue weighted by atomic mass is 10.2. The van der Waals surface area contributed by atoms with E-state index in [4.69, 9.17) is 4.74 Å². The van der Waals surface area contributed by atoms with Gasteiger partial charge in [-0.15, -0.1) is 0 Å². The zero-order valence-electron chi connectivity index (χ0n) is 11.7. The number of ether oxygens (including phenoxy) is 1. The maximum atomic E-state index is 5.02. The van der Waals surface area contributed by atoms with Crippen LogP contribution in [0.5, 0.6) is 0 Å². The largest absolute Gasteiger partial charge is 0.384 e. The lowest BCUT2D eigenvalue weighted by Crippen LogP contribution is -2.07. The highest BCUT2D eigenvalue weighted by Crippen LogP contribution is 2.39. The van der Waals surface area contributed by atoms with Crippen LogP contribution in [0.15, 0.2) is 12.4 Å². The van der Waals surface area contributed by atoms with E-state index in [1.54, 1.807) is 7.11 Å². The minimum atomic E-state index is 0.484. The van der Waals surface area contributed by atoms with Gasteiger partial charge in [0.25, 0.3) is 0 Å². The van der Waals surface area contributed by atoms with Crippen molar-refractivity contribution in [3.63, 3.8) is 0 Å². The molecular formula is C13H19N5OS. The van der Waals surface area contributed by atoms with Crippen LogP contribution in [0, 0.1) is 5.92 Å². The maximum Gasteiger partial charge on any atom is 0.207 e. The standard InChI is InChI=1S/C13H19N5OS/c1-9(10-3-4-10)18-8-11(7-14-18)15-13-16-12(17-20-13)5-6-19-2/h7-10H,3-6H2,1-2H3,(H,15,16,17). The minimum Gasteiger partial charge on any atom is -0.384 e. The van der Waals surface area contributed by atoms with Crippen molar-refractivity contribution in [1.82, 2.24) is 19.1 Å². The molecule has 1 fully saturated rings. The Morgan fingerprint density at radius 2 is 2.40 bits per heavy atom. The smallest absolute Gasteiger partial charge is 0.207 e. The van der Waals surface area contributed by atoms with Gasteiger partial charge in [0.2, 0.25) is 5.13 Å². The van der Waals surface area contributed by atoms with Crippen molar-refractivity contribution >= 4 is 22.4 Å². The summed E-state index contributed by atoms with van der Waals surface area (Å²) in [5.41, 5.74) is 0.965. The molecule has 0 aromatic carbocycles. The van der Waals surface area contributed by atoms with E-state index >= 15 is 0 Å². The van der Waals surface area contributed by atoms with E-state index in [2.05, 4.69) is 26.7 Å². The van der Waals surface area contributed by atoms with Gasteiger partial charge in [-0.2, -0.15) is 9.47 Å². The first kappa shape index (κ1) is 13.5. The molecule has 2 aromatic heterocycles. The molecule has 1 unspecified atom stereocenters. The van der Waals surface area contributed by atoms with Gasteiger partial charge in [-0.25, -0.2) is 4.98 Å². The molecule has 7 heteroatoms. The molecule has 1 aliphatic carbocycles. The van der Waals surface area contributed by atoms with Gasteiger partial charge in [-0.3, -0.25) is 4.68 Å². The Morgan fingerprint density at radius 1 is 1.55 bits per heavy atom. The SMILES string of the molecule is COCCc1nsc(Nc2cnn(C(C)C3CC3)c2)n1. The normalized spacial score (nSPS) is 16.3. The summed E-state index contributed by atoms with van der Waals surface area (Å²) in [5, 5.41) is 8.48. The van der Waals surface area contributed by atoms with E-state index in [1.165, 1.54) is 24.4 Å². The molecule has 6 nitrogen and oxygen atoms in total. The van der Waals surface area contributed by atoms with E-state index in [0.29, 0.717) is 12.6 Å². The molecule has 0 bridgehead atoms. The summed E-state index contributed by atoms with van der Waals surface area (Å²) < 4.78 is 11.3. The van der Waals surface area contributed by atoms with Crippen LogP contribution in [-0.2, 0) is 11.2 Å². The van der Waals surface area contributed by atoms with Crippen molar-refractivity contribution < 1.29 is 4.74 Å². The number of nitrogens with one attached hydrogen (secondary N) is 1. The predicted octanol–water partition coefficient (Wildman–Crippen LogP) is 2.64. The summed E-state index contributed by atoms with van der Waals surface area (Å²) in [6, 6.07) is 0.484. The Balaban J connectivity index is 1.61. The number of hydrogen-bond donors (Lipinski definition) is 1. The molecule has 1 saturated carbocycles. The fourth-order valence-corrected chi connectivity index (χ4v) is 2.78. The van der Waals surface area contributed by atoms with Crippen LogP contribution in [-0.4, -0.2) is 32.9 Å². The van der Waals surface area contributed by atoms with Crippen molar-refractivity contribution in [2.45, 2.75) is 32.2 Å². The fraction of sp³-hybridized carbons (Fsp3) is 0.615. The van der Waals surface area contributed by atoms with Crippen molar-refractivity contribution in [2.75, 3.05) is 19.0 Å². The van der Waals surface area contributed by atoms with Crippen LogP contribution in [0.25, 0.3) is 0 Å². The number of anilines is 2. The van der Waals surface area contributed by atoms with Crippen LogP contribution < -0.4 is 5.32 Å². The Morgan fingerprint density at radius 3 is 3.15 bits per heavy atom. The number of rotatable bonds is 7. The zero-order chi connectivity index (χ0) is 13.9. The Hall–Kier alpha value is -1.47. The first-order valence-electron chi connectivity index (χ1n) is 6.89. The average molecular weight is 293 g/mol. The second-order valence-electron chi connectivity index (χ2n) is 5.17.